The van der Waals surface area contributed by atoms with Crippen molar-refractivity contribution in [2.75, 3.05) is 39.0 Å². The molecule has 0 atom stereocenters. The Hall–Kier alpha value is -3.45. The van der Waals surface area contributed by atoms with Gasteiger partial charge in [-0.1, -0.05) is 50.2 Å². The third-order valence-corrected chi connectivity index (χ3v) is 5.75. The van der Waals surface area contributed by atoms with E-state index in [0.29, 0.717) is 19.0 Å². The summed E-state index contributed by atoms with van der Waals surface area (Å²) in [4.78, 5) is 34.1. The molecule has 0 bridgehead atoms. The van der Waals surface area contributed by atoms with Crippen molar-refractivity contribution in [1.82, 2.24) is 19.4 Å². The van der Waals surface area contributed by atoms with Gasteiger partial charge in [0.1, 0.15) is 0 Å². The Morgan fingerprint density at radius 1 is 1.00 bits per heavy atom. The molecule has 3 rings (SSSR count). The molecule has 0 saturated heterocycles. The van der Waals surface area contributed by atoms with Gasteiger partial charge in [-0.2, -0.15) is 0 Å². The lowest BCUT2D eigenvalue weighted by Crippen LogP contribution is -2.43. The monoisotopic (exact) mass is 461 g/mol. The molecule has 7 nitrogen and oxygen atoms in total. The number of aromatic nitrogens is 2. The number of imidazole rings is 1. The molecular weight excluding hydrogens is 426 g/mol. The molecule has 0 fully saturated rings. The highest BCUT2D eigenvalue weighted by Gasteiger charge is 2.21. The van der Waals surface area contributed by atoms with Gasteiger partial charge >= 0.3 is 0 Å². The highest BCUT2D eigenvalue weighted by atomic mass is 16.2. The average Bonchev–Trinajstić information content (AvgIpc) is 3.22. The molecular formula is C27H35N5O2. The Morgan fingerprint density at radius 2 is 1.71 bits per heavy atom. The molecule has 34 heavy (non-hydrogen) atoms. The highest BCUT2D eigenvalue weighted by molar-refractivity contribution is 5.94. The van der Waals surface area contributed by atoms with Crippen LogP contribution in [0.2, 0.25) is 0 Å². The Balaban J connectivity index is 1.90. The average molecular weight is 462 g/mol. The second kappa shape index (κ2) is 11.1. The van der Waals surface area contributed by atoms with E-state index in [4.69, 9.17) is 4.98 Å². The third-order valence-electron chi connectivity index (χ3n) is 5.75. The van der Waals surface area contributed by atoms with Gasteiger partial charge < -0.3 is 9.80 Å². The molecule has 0 aliphatic heterocycles. The van der Waals surface area contributed by atoms with E-state index in [1.165, 1.54) is 5.56 Å². The van der Waals surface area contributed by atoms with Crippen molar-refractivity contribution in [2.45, 2.75) is 27.7 Å². The summed E-state index contributed by atoms with van der Waals surface area (Å²) < 4.78 is 1.89. The van der Waals surface area contributed by atoms with Crippen LogP contribution < -0.4 is 5.32 Å². The van der Waals surface area contributed by atoms with Crippen LogP contribution in [0.25, 0.3) is 16.9 Å². The summed E-state index contributed by atoms with van der Waals surface area (Å²) in [7, 11) is 3.90. The number of carbonyl (C=O) groups is 2. The third kappa shape index (κ3) is 6.32. The van der Waals surface area contributed by atoms with Crippen LogP contribution in [0, 0.1) is 19.8 Å². The van der Waals surface area contributed by atoms with E-state index in [9.17, 15) is 9.59 Å². The normalized spacial score (nSPS) is 11.2. The number of anilines is 1. The van der Waals surface area contributed by atoms with Crippen LogP contribution in [0.4, 0.5) is 5.95 Å². The molecule has 7 heteroatoms. The zero-order chi connectivity index (χ0) is 24.8. The number of likely N-dealkylation sites (N-methyl/N-ethyl adjacent to an activating group) is 1. The van der Waals surface area contributed by atoms with Crippen LogP contribution in [0.3, 0.4) is 0 Å². The lowest BCUT2D eigenvalue weighted by atomic mass is 10.1. The molecule has 1 N–H and O–H groups in total. The second-order valence-corrected chi connectivity index (χ2v) is 9.22. The van der Waals surface area contributed by atoms with Crippen molar-refractivity contribution in [1.29, 1.82) is 0 Å². The molecule has 2 aromatic carbocycles. The Kier molecular flexibility index (Phi) is 8.23. The summed E-state index contributed by atoms with van der Waals surface area (Å²) >= 11 is 0. The Morgan fingerprint density at radius 3 is 2.32 bits per heavy atom. The first-order valence-corrected chi connectivity index (χ1v) is 11.6. The van der Waals surface area contributed by atoms with Gasteiger partial charge in [0.25, 0.3) is 0 Å². The van der Waals surface area contributed by atoms with Crippen LogP contribution in [0.15, 0.2) is 54.7 Å². The van der Waals surface area contributed by atoms with Crippen molar-refractivity contribution in [2.24, 2.45) is 5.92 Å². The number of benzene rings is 2. The zero-order valence-corrected chi connectivity index (χ0v) is 21.0. The van der Waals surface area contributed by atoms with E-state index in [0.717, 1.165) is 22.5 Å². The number of aryl methyl sites for hydroxylation is 2. The predicted octanol–water partition coefficient (Wildman–Crippen LogP) is 4.14. The molecule has 1 aromatic heterocycles. The van der Waals surface area contributed by atoms with Crippen LogP contribution in [0.5, 0.6) is 0 Å². The first kappa shape index (κ1) is 25.2. The van der Waals surface area contributed by atoms with Gasteiger partial charge in [0.2, 0.25) is 17.8 Å². The van der Waals surface area contributed by atoms with E-state index >= 15 is 0 Å². The summed E-state index contributed by atoms with van der Waals surface area (Å²) in [5.41, 5.74) is 4.99. The van der Waals surface area contributed by atoms with Crippen molar-refractivity contribution < 1.29 is 9.59 Å². The van der Waals surface area contributed by atoms with E-state index in [2.05, 4.69) is 31.3 Å². The Bertz CT molecular complexity index is 1140. The smallest absolute Gasteiger partial charge is 0.246 e. The molecule has 0 unspecified atom stereocenters. The maximum absolute atomic E-state index is 13.1. The molecule has 180 valence electrons. The summed E-state index contributed by atoms with van der Waals surface area (Å²) in [6, 6.07) is 16.0. The summed E-state index contributed by atoms with van der Waals surface area (Å²) in [5.74, 6) is -0.0728. The minimum Gasteiger partial charge on any atom is -0.332 e. The number of hydrogen-bond acceptors (Lipinski definition) is 4. The van der Waals surface area contributed by atoms with Crippen LogP contribution in [0.1, 0.15) is 25.0 Å². The van der Waals surface area contributed by atoms with Crippen LogP contribution >= 0.6 is 0 Å². The van der Waals surface area contributed by atoms with E-state index in [1.54, 1.807) is 4.90 Å². The molecule has 1 heterocycles. The van der Waals surface area contributed by atoms with Gasteiger partial charge in [0, 0.05) is 36.5 Å². The molecule has 0 radical (unpaired) electrons. The van der Waals surface area contributed by atoms with Crippen LogP contribution in [-0.2, 0) is 9.59 Å². The van der Waals surface area contributed by atoms with Gasteiger partial charge in [-0.05, 0) is 51.2 Å². The number of carbonyl (C=O) groups excluding carboxylic acids is 2. The number of rotatable bonds is 9. The quantitative estimate of drug-likeness (QED) is 0.520. The van der Waals surface area contributed by atoms with Gasteiger partial charge in [-0.3, -0.25) is 19.5 Å². The van der Waals surface area contributed by atoms with Crippen molar-refractivity contribution >= 4 is 17.8 Å². The van der Waals surface area contributed by atoms with Crippen molar-refractivity contribution in [3.63, 3.8) is 0 Å². The fraction of sp³-hybridized carbons (Fsp3) is 0.370. The summed E-state index contributed by atoms with van der Waals surface area (Å²) in [6.07, 6.45) is 1.93. The SMILES string of the molecule is Cc1ccc(-n2cc(-c3ccccc3)nc2NC(=O)CN(CCN(C)C)C(=O)C(C)C)cc1C. The van der Waals surface area contributed by atoms with E-state index < -0.39 is 0 Å². The topological polar surface area (TPSA) is 70.5 Å². The number of nitrogens with one attached hydrogen (secondary N) is 1. The maximum atomic E-state index is 13.1. The molecule has 2 amide bonds. The Labute approximate surface area is 202 Å². The van der Waals surface area contributed by atoms with Gasteiger partial charge in [0.05, 0.1) is 12.2 Å². The lowest BCUT2D eigenvalue weighted by molar-refractivity contribution is -0.137. The summed E-state index contributed by atoms with van der Waals surface area (Å²) in [6.45, 7) is 8.97. The lowest BCUT2D eigenvalue weighted by Gasteiger charge is -2.25. The fourth-order valence-electron chi connectivity index (χ4n) is 3.58. The van der Waals surface area contributed by atoms with Gasteiger partial charge in [-0.15, -0.1) is 0 Å². The van der Waals surface area contributed by atoms with E-state index in [-0.39, 0.29) is 24.3 Å². The zero-order valence-electron chi connectivity index (χ0n) is 21.0. The second-order valence-electron chi connectivity index (χ2n) is 9.22. The first-order valence-electron chi connectivity index (χ1n) is 11.6. The van der Waals surface area contributed by atoms with E-state index in [1.807, 2.05) is 80.0 Å². The molecule has 3 aromatic rings. The number of hydrogen-bond donors (Lipinski definition) is 1. The minimum atomic E-state index is -0.275. The standard InChI is InChI=1S/C27H35N5O2/c1-19(2)26(34)31(15-14-30(5)6)18-25(33)29-27-28-24(22-10-8-7-9-11-22)17-32(27)23-13-12-20(3)21(4)16-23/h7-13,16-17,19H,14-15,18H2,1-6H3,(H,28,29,33). The number of amides is 2. The van der Waals surface area contributed by atoms with Crippen LogP contribution in [-0.4, -0.2) is 64.9 Å². The van der Waals surface area contributed by atoms with Gasteiger partial charge in [-0.25, -0.2) is 4.98 Å². The summed E-state index contributed by atoms with van der Waals surface area (Å²) in [5, 5.41) is 2.95. The predicted molar refractivity (Wildman–Crippen MR) is 137 cm³/mol. The first-order chi connectivity index (χ1) is 16.2. The van der Waals surface area contributed by atoms with Crippen molar-refractivity contribution in [3.05, 3.63) is 65.9 Å². The largest absolute Gasteiger partial charge is 0.332 e. The highest BCUT2D eigenvalue weighted by Crippen LogP contribution is 2.25. The van der Waals surface area contributed by atoms with Gasteiger partial charge in [0.15, 0.2) is 0 Å². The maximum Gasteiger partial charge on any atom is 0.246 e. The molecule has 0 spiro atoms. The molecule has 0 aliphatic carbocycles. The fourth-order valence-corrected chi connectivity index (χ4v) is 3.58. The van der Waals surface area contributed by atoms with Crippen molar-refractivity contribution in [3.8, 4) is 16.9 Å². The molecule has 0 aliphatic rings. The minimum absolute atomic E-state index is 0.0225. The molecule has 0 saturated carbocycles. The number of nitrogens with zero attached hydrogens (tertiary/aromatic N) is 4.